The monoisotopic (exact) mass is 332 g/mol. The van der Waals surface area contributed by atoms with E-state index in [1.807, 2.05) is 20.8 Å². The van der Waals surface area contributed by atoms with Crippen LogP contribution in [0.4, 0.5) is 14.9 Å². The van der Waals surface area contributed by atoms with Gasteiger partial charge in [0, 0.05) is 36.1 Å². The van der Waals surface area contributed by atoms with Gasteiger partial charge in [0.15, 0.2) is 0 Å². The van der Waals surface area contributed by atoms with Gasteiger partial charge in [-0.2, -0.15) is 5.10 Å². The number of hydrogen-bond donors (Lipinski definition) is 1. The lowest BCUT2D eigenvalue weighted by Gasteiger charge is -2.39. The van der Waals surface area contributed by atoms with E-state index in [0.717, 1.165) is 0 Å². The molecule has 1 aliphatic rings. The summed E-state index contributed by atoms with van der Waals surface area (Å²) in [5, 5.41) is 4.28. The van der Waals surface area contributed by atoms with Crippen LogP contribution in [0.2, 0.25) is 0 Å². The van der Waals surface area contributed by atoms with Gasteiger partial charge in [-0.1, -0.05) is 0 Å². The summed E-state index contributed by atoms with van der Waals surface area (Å²) in [5.41, 5.74) is 6.79. The van der Waals surface area contributed by atoms with Gasteiger partial charge >= 0.3 is 6.09 Å². The van der Waals surface area contributed by atoms with E-state index in [2.05, 4.69) is 5.10 Å². The molecular formula is C17H21FN4O2. The zero-order valence-electron chi connectivity index (χ0n) is 14.0. The van der Waals surface area contributed by atoms with Crippen molar-refractivity contribution in [2.24, 2.45) is 0 Å². The predicted octanol–water partition coefficient (Wildman–Crippen LogP) is 3.06. The second kappa shape index (κ2) is 5.81. The number of nitrogen functional groups attached to an aromatic ring is 1. The molecular weight excluding hydrogens is 311 g/mol. The third kappa shape index (κ3) is 3.34. The summed E-state index contributed by atoms with van der Waals surface area (Å²) in [6.07, 6.45) is 3.05. The van der Waals surface area contributed by atoms with Crippen molar-refractivity contribution < 1.29 is 13.9 Å². The number of carbonyl (C=O) groups is 1. The second-order valence-corrected chi connectivity index (χ2v) is 6.99. The van der Waals surface area contributed by atoms with Gasteiger partial charge in [0.05, 0.1) is 12.2 Å². The SMILES string of the molecule is CC(C)(C)OC(=O)N1CC(n2cc(-c3cc(N)ccc3F)cn2)C1. The second-order valence-electron chi connectivity index (χ2n) is 6.99. The number of anilines is 1. The maximum absolute atomic E-state index is 13.9. The van der Waals surface area contributed by atoms with Gasteiger partial charge in [-0.3, -0.25) is 4.68 Å². The molecule has 0 radical (unpaired) electrons. The van der Waals surface area contributed by atoms with Gasteiger partial charge in [-0.05, 0) is 39.0 Å². The molecule has 24 heavy (non-hydrogen) atoms. The molecule has 3 rings (SSSR count). The van der Waals surface area contributed by atoms with Gasteiger partial charge < -0.3 is 15.4 Å². The Kier molecular flexibility index (Phi) is 3.95. The lowest BCUT2D eigenvalue weighted by molar-refractivity contribution is -0.000380. The summed E-state index contributed by atoms with van der Waals surface area (Å²) >= 11 is 0. The Bertz CT molecular complexity index is 760. The minimum absolute atomic E-state index is 0.0652. The highest BCUT2D eigenvalue weighted by atomic mass is 19.1. The Morgan fingerprint density at radius 3 is 2.75 bits per heavy atom. The van der Waals surface area contributed by atoms with Crippen molar-refractivity contribution in [1.82, 2.24) is 14.7 Å². The van der Waals surface area contributed by atoms with Crippen molar-refractivity contribution >= 4 is 11.8 Å². The topological polar surface area (TPSA) is 73.4 Å². The smallest absolute Gasteiger partial charge is 0.410 e. The molecule has 1 aromatic heterocycles. The molecule has 7 heteroatoms. The van der Waals surface area contributed by atoms with E-state index in [9.17, 15) is 9.18 Å². The standard InChI is InChI=1S/C17H21FN4O2/c1-17(2,3)24-16(23)21-9-13(10-21)22-8-11(7-20-22)14-6-12(19)4-5-15(14)18/h4-8,13H,9-10,19H2,1-3H3. The van der Waals surface area contributed by atoms with Crippen LogP contribution in [-0.4, -0.2) is 39.5 Å². The summed E-state index contributed by atoms with van der Waals surface area (Å²) in [6, 6.07) is 4.52. The van der Waals surface area contributed by atoms with Crippen LogP contribution < -0.4 is 5.73 Å². The number of nitrogens with two attached hydrogens (primary N) is 1. The summed E-state index contributed by atoms with van der Waals surface area (Å²) in [6.45, 7) is 6.55. The maximum Gasteiger partial charge on any atom is 0.410 e. The molecule has 1 saturated heterocycles. The quantitative estimate of drug-likeness (QED) is 0.858. The third-order valence-electron chi connectivity index (χ3n) is 3.79. The minimum atomic E-state index is -0.508. The molecule has 1 aliphatic heterocycles. The highest BCUT2D eigenvalue weighted by molar-refractivity contribution is 5.69. The van der Waals surface area contributed by atoms with Crippen LogP contribution >= 0.6 is 0 Å². The highest BCUT2D eigenvalue weighted by Gasteiger charge is 2.35. The van der Waals surface area contributed by atoms with E-state index in [4.69, 9.17) is 10.5 Å². The molecule has 1 aromatic carbocycles. The fourth-order valence-corrected chi connectivity index (χ4v) is 2.54. The van der Waals surface area contributed by atoms with Gasteiger partial charge in [0.25, 0.3) is 0 Å². The minimum Gasteiger partial charge on any atom is -0.444 e. The lowest BCUT2D eigenvalue weighted by Crippen LogP contribution is -2.52. The molecule has 2 aromatic rings. The molecule has 6 nitrogen and oxygen atoms in total. The van der Waals surface area contributed by atoms with Crippen LogP contribution in [0.5, 0.6) is 0 Å². The van der Waals surface area contributed by atoms with Crippen molar-refractivity contribution in [1.29, 1.82) is 0 Å². The van der Waals surface area contributed by atoms with E-state index in [1.165, 1.54) is 12.1 Å². The maximum atomic E-state index is 13.9. The number of aromatic nitrogens is 2. The predicted molar refractivity (Wildman–Crippen MR) is 88.9 cm³/mol. The number of benzene rings is 1. The first-order valence-corrected chi connectivity index (χ1v) is 7.80. The van der Waals surface area contributed by atoms with Crippen molar-refractivity contribution in [2.45, 2.75) is 32.4 Å². The lowest BCUT2D eigenvalue weighted by atomic mass is 10.1. The largest absolute Gasteiger partial charge is 0.444 e. The average Bonchev–Trinajstić information content (AvgIpc) is 2.87. The van der Waals surface area contributed by atoms with E-state index >= 15 is 0 Å². The molecule has 1 amide bonds. The van der Waals surface area contributed by atoms with E-state index in [-0.39, 0.29) is 18.0 Å². The van der Waals surface area contributed by atoms with Crippen LogP contribution in [0.1, 0.15) is 26.8 Å². The number of halogens is 1. The number of likely N-dealkylation sites (tertiary alicyclic amines) is 1. The van der Waals surface area contributed by atoms with Crippen molar-refractivity contribution in [3.8, 4) is 11.1 Å². The van der Waals surface area contributed by atoms with E-state index in [1.54, 1.807) is 28.0 Å². The molecule has 0 aliphatic carbocycles. The number of ether oxygens (including phenoxy) is 1. The molecule has 128 valence electrons. The molecule has 0 atom stereocenters. The fourth-order valence-electron chi connectivity index (χ4n) is 2.54. The van der Waals surface area contributed by atoms with Crippen molar-refractivity contribution in [3.05, 3.63) is 36.4 Å². The zero-order valence-corrected chi connectivity index (χ0v) is 14.0. The van der Waals surface area contributed by atoms with Crippen LogP contribution in [0.25, 0.3) is 11.1 Å². The molecule has 2 N–H and O–H groups in total. The number of carbonyl (C=O) groups excluding carboxylic acids is 1. The molecule has 0 unspecified atom stereocenters. The first-order chi connectivity index (χ1) is 11.2. The van der Waals surface area contributed by atoms with Crippen LogP contribution in [0, 0.1) is 5.82 Å². The summed E-state index contributed by atoms with van der Waals surface area (Å²) in [5.74, 6) is -0.340. The molecule has 0 bridgehead atoms. The van der Waals surface area contributed by atoms with Gasteiger partial charge in [-0.25, -0.2) is 9.18 Å². The highest BCUT2D eigenvalue weighted by Crippen LogP contribution is 2.28. The Hall–Kier alpha value is -2.57. The van der Waals surface area contributed by atoms with Crippen LogP contribution in [-0.2, 0) is 4.74 Å². The molecule has 1 fully saturated rings. The van der Waals surface area contributed by atoms with E-state index in [0.29, 0.717) is 29.9 Å². The van der Waals surface area contributed by atoms with Gasteiger partial charge in [-0.15, -0.1) is 0 Å². The first kappa shape index (κ1) is 16.3. The normalized spacial score (nSPS) is 15.2. The van der Waals surface area contributed by atoms with Gasteiger partial charge in [0.1, 0.15) is 11.4 Å². The van der Waals surface area contributed by atoms with E-state index < -0.39 is 5.60 Å². The number of amides is 1. The fraction of sp³-hybridized carbons (Fsp3) is 0.412. The summed E-state index contributed by atoms with van der Waals surface area (Å²) in [4.78, 5) is 13.6. The molecule has 0 spiro atoms. The van der Waals surface area contributed by atoms with Crippen LogP contribution in [0.15, 0.2) is 30.6 Å². The summed E-state index contributed by atoms with van der Waals surface area (Å²) < 4.78 is 21.0. The number of hydrogen-bond acceptors (Lipinski definition) is 4. The average molecular weight is 332 g/mol. The Morgan fingerprint density at radius 2 is 2.08 bits per heavy atom. The number of nitrogens with zero attached hydrogens (tertiary/aromatic N) is 3. The number of rotatable bonds is 2. The zero-order chi connectivity index (χ0) is 17.5. The van der Waals surface area contributed by atoms with Crippen molar-refractivity contribution in [3.63, 3.8) is 0 Å². The molecule has 0 saturated carbocycles. The summed E-state index contributed by atoms with van der Waals surface area (Å²) in [7, 11) is 0. The van der Waals surface area contributed by atoms with Crippen LogP contribution in [0.3, 0.4) is 0 Å². The van der Waals surface area contributed by atoms with Gasteiger partial charge in [0.2, 0.25) is 0 Å². The Morgan fingerprint density at radius 1 is 1.38 bits per heavy atom. The Labute approximate surface area is 140 Å². The molecule has 2 heterocycles. The first-order valence-electron chi connectivity index (χ1n) is 7.80. The third-order valence-corrected chi connectivity index (χ3v) is 3.79. The Balaban J connectivity index is 1.66. The van der Waals surface area contributed by atoms with Crippen molar-refractivity contribution in [2.75, 3.05) is 18.8 Å².